The number of ether oxygens (including phenoxy) is 1. The van der Waals surface area contributed by atoms with E-state index in [1.165, 1.54) is 12.1 Å². The number of hydrogen-bond donors (Lipinski definition) is 2. The molecule has 1 atom stereocenters. The van der Waals surface area contributed by atoms with Crippen LogP contribution in [-0.2, 0) is 10.9 Å². The molecule has 5 nitrogen and oxygen atoms in total. The molecule has 0 amide bonds. The first-order valence-corrected chi connectivity index (χ1v) is 9.69. The molecule has 1 aromatic carbocycles. The largest absolute Gasteiger partial charge is 0.416 e. The summed E-state index contributed by atoms with van der Waals surface area (Å²) in [5, 5.41) is 6.50. The number of nitrogens with zero attached hydrogens (tertiary/aromatic N) is 2. The second-order valence-corrected chi connectivity index (χ2v) is 7.22. The van der Waals surface area contributed by atoms with Crippen molar-refractivity contribution >= 4 is 29.9 Å². The van der Waals surface area contributed by atoms with Gasteiger partial charge in [-0.3, -0.25) is 4.99 Å². The molecule has 1 aromatic rings. The van der Waals surface area contributed by atoms with Gasteiger partial charge in [-0.05, 0) is 56.5 Å². The Morgan fingerprint density at radius 1 is 1.31 bits per heavy atom. The molecular weight excluding hydrogens is 496 g/mol. The zero-order valence-electron chi connectivity index (χ0n) is 17.3. The molecule has 0 aliphatic carbocycles. The number of alkyl halides is 3. The average Bonchev–Trinajstić information content (AvgIpc) is 2.69. The number of aliphatic imine (C=N–C) groups is 1. The van der Waals surface area contributed by atoms with E-state index in [0.717, 1.165) is 51.7 Å². The second-order valence-electron chi connectivity index (χ2n) is 7.22. The van der Waals surface area contributed by atoms with Crippen LogP contribution in [0.25, 0.3) is 0 Å². The number of methoxy groups -OCH3 is 1. The molecule has 1 unspecified atom stereocenters. The van der Waals surface area contributed by atoms with E-state index in [0.29, 0.717) is 17.4 Å². The molecule has 0 radical (unpaired) electrons. The quantitative estimate of drug-likeness (QED) is 0.320. The molecule has 0 bridgehead atoms. The van der Waals surface area contributed by atoms with Crippen molar-refractivity contribution in [3.63, 3.8) is 0 Å². The highest BCUT2D eigenvalue weighted by atomic mass is 127. The van der Waals surface area contributed by atoms with Crippen LogP contribution < -0.4 is 10.6 Å². The van der Waals surface area contributed by atoms with Crippen LogP contribution in [0.4, 0.5) is 13.2 Å². The molecule has 1 aliphatic rings. The standard InChI is InChI=1S/C20H31F3N4O.HI/c1-15(17-5-4-6-18(13-17)20(21,22)23)26-19(24-2)25-14-16-7-9-27(10-8-16)11-12-28-3;/h4-6,13,15-16H,7-12,14H2,1-3H3,(H2,24,25,26);1H. The van der Waals surface area contributed by atoms with Gasteiger partial charge in [0.15, 0.2) is 5.96 Å². The van der Waals surface area contributed by atoms with Crippen molar-refractivity contribution in [3.05, 3.63) is 35.4 Å². The Bertz CT molecular complexity index is 634. The van der Waals surface area contributed by atoms with Gasteiger partial charge in [0, 0.05) is 27.2 Å². The molecule has 0 spiro atoms. The van der Waals surface area contributed by atoms with E-state index in [9.17, 15) is 13.2 Å². The highest BCUT2D eigenvalue weighted by Gasteiger charge is 2.30. The molecule has 1 saturated heterocycles. The van der Waals surface area contributed by atoms with E-state index < -0.39 is 11.7 Å². The number of guanidine groups is 1. The zero-order chi connectivity index (χ0) is 20.6. The molecule has 166 valence electrons. The van der Waals surface area contributed by atoms with Gasteiger partial charge in [-0.2, -0.15) is 13.2 Å². The minimum absolute atomic E-state index is 0. The lowest BCUT2D eigenvalue weighted by Gasteiger charge is -2.32. The summed E-state index contributed by atoms with van der Waals surface area (Å²) in [5.74, 6) is 1.16. The molecular formula is C20H32F3IN4O. The number of nitrogens with one attached hydrogen (secondary N) is 2. The minimum atomic E-state index is -4.34. The van der Waals surface area contributed by atoms with Crippen LogP contribution >= 0.6 is 24.0 Å². The molecule has 1 fully saturated rings. The predicted octanol–water partition coefficient (Wildman–Crippen LogP) is 3.91. The van der Waals surface area contributed by atoms with Crippen molar-refractivity contribution in [2.24, 2.45) is 10.9 Å². The van der Waals surface area contributed by atoms with Gasteiger partial charge >= 0.3 is 6.18 Å². The average molecular weight is 528 g/mol. The SMILES string of the molecule is CN=C(NCC1CCN(CCOC)CC1)NC(C)c1cccc(C(F)(F)F)c1.I. The van der Waals surface area contributed by atoms with E-state index in [4.69, 9.17) is 4.74 Å². The fourth-order valence-electron chi connectivity index (χ4n) is 3.34. The summed E-state index contributed by atoms with van der Waals surface area (Å²) in [6.07, 6.45) is -2.12. The van der Waals surface area contributed by atoms with E-state index in [1.54, 1.807) is 20.2 Å². The molecule has 2 rings (SSSR count). The van der Waals surface area contributed by atoms with Crippen molar-refractivity contribution in [2.75, 3.05) is 46.9 Å². The second kappa shape index (κ2) is 12.6. The van der Waals surface area contributed by atoms with Gasteiger partial charge in [-0.1, -0.05) is 12.1 Å². The molecule has 1 aliphatic heterocycles. The first-order valence-electron chi connectivity index (χ1n) is 9.69. The Kier molecular flexibility index (Phi) is 11.3. The third kappa shape index (κ3) is 8.67. The lowest BCUT2D eigenvalue weighted by Crippen LogP contribution is -2.43. The highest BCUT2D eigenvalue weighted by molar-refractivity contribution is 14.0. The van der Waals surface area contributed by atoms with E-state index >= 15 is 0 Å². The van der Waals surface area contributed by atoms with Crippen LogP contribution in [0.2, 0.25) is 0 Å². The number of rotatable bonds is 7. The fourth-order valence-corrected chi connectivity index (χ4v) is 3.34. The van der Waals surface area contributed by atoms with Gasteiger partial charge in [-0.15, -0.1) is 24.0 Å². The Labute approximate surface area is 188 Å². The number of likely N-dealkylation sites (tertiary alicyclic amines) is 1. The number of hydrogen-bond acceptors (Lipinski definition) is 3. The fraction of sp³-hybridized carbons (Fsp3) is 0.650. The first kappa shape index (κ1) is 26.0. The predicted molar refractivity (Wildman–Crippen MR) is 121 cm³/mol. The van der Waals surface area contributed by atoms with Crippen molar-refractivity contribution < 1.29 is 17.9 Å². The highest BCUT2D eigenvalue weighted by Crippen LogP contribution is 2.30. The monoisotopic (exact) mass is 528 g/mol. The molecule has 1 heterocycles. The van der Waals surface area contributed by atoms with Crippen LogP contribution in [0.5, 0.6) is 0 Å². The van der Waals surface area contributed by atoms with Crippen molar-refractivity contribution in [1.82, 2.24) is 15.5 Å². The Morgan fingerprint density at radius 3 is 2.59 bits per heavy atom. The van der Waals surface area contributed by atoms with E-state index in [2.05, 4.69) is 20.5 Å². The summed E-state index contributed by atoms with van der Waals surface area (Å²) in [7, 11) is 3.39. The van der Waals surface area contributed by atoms with Crippen molar-refractivity contribution in [2.45, 2.75) is 32.0 Å². The summed E-state index contributed by atoms with van der Waals surface area (Å²) in [5.41, 5.74) is -0.0638. The number of piperidine rings is 1. The normalized spacial score (nSPS) is 17.5. The maximum Gasteiger partial charge on any atom is 0.416 e. The van der Waals surface area contributed by atoms with Crippen LogP contribution in [0.3, 0.4) is 0 Å². The molecule has 9 heteroatoms. The summed E-state index contributed by atoms with van der Waals surface area (Å²) in [4.78, 5) is 6.62. The van der Waals surface area contributed by atoms with Crippen LogP contribution in [-0.4, -0.2) is 57.8 Å². The third-order valence-corrected chi connectivity index (χ3v) is 5.17. The van der Waals surface area contributed by atoms with Gasteiger partial charge in [-0.25, -0.2) is 0 Å². The smallest absolute Gasteiger partial charge is 0.383 e. The van der Waals surface area contributed by atoms with Gasteiger partial charge in [0.1, 0.15) is 0 Å². The molecule has 29 heavy (non-hydrogen) atoms. The third-order valence-electron chi connectivity index (χ3n) is 5.17. The summed E-state index contributed by atoms with van der Waals surface area (Å²) >= 11 is 0. The van der Waals surface area contributed by atoms with Crippen LogP contribution in [0.15, 0.2) is 29.3 Å². The Hall–Kier alpha value is -1.07. The van der Waals surface area contributed by atoms with Gasteiger partial charge in [0.05, 0.1) is 18.2 Å². The Balaban J connectivity index is 0.00000420. The van der Waals surface area contributed by atoms with E-state index in [1.807, 2.05) is 6.92 Å². The lowest BCUT2D eigenvalue weighted by atomic mass is 9.97. The van der Waals surface area contributed by atoms with Gasteiger partial charge in [0.2, 0.25) is 0 Å². The van der Waals surface area contributed by atoms with Crippen LogP contribution in [0, 0.1) is 5.92 Å². The topological polar surface area (TPSA) is 48.9 Å². The van der Waals surface area contributed by atoms with Gasteiger partial charge < -0.3 is 20.3 Å². The summed E-state index contributed by atoms with van der Waals surface area (Å²) in [6, 6.07) is 5.10. The maximum atomic E-state index is 12.9. The van der Waals surface area contributed by atoms with Gasteiger partial charge in [0.25, 0.3) is 0 Å². The van der Waals surface area contributed by atoms with Crippen LogP contribution in [0.1, 0.15) is 36.9 Å². The van der Waals surface area contributed by atoms with Crippen molar-refractivity contribution in [1.29, 1.82) is 0 Å². The Morgan fingerprint density at radius 2 is 2.00 bits per heavy atom. The minimum Gasteiger partial charge on any atom is -0.383 e. The lowest BCUT2D eigenvalue weighted by molar-refractivity contribution is -0.137. The van der Waals surface area contributed by atoms with E-state index in [-0.39, 0.29) is 30.0 Å². The summed E-state index contributed by atoms with van der Waals surface area (Å²) < 4.78 is 43.9. The number of halogens is 4. The zero-order valence-corrected chi connectivity index (χ0v) is 19.6. The maximum absolute atomic E-state index is 12.9. The molecule has 0 saturated carbocycles. The van der Waals surface area contributed by atoms with Crippen molar-refractivity contribution in [3.8, 4) is 0 Å². The first-order chi connectivity index (χ1) is 13.3. The molecule has 0 aromatic heterocycles. The summed E-state index contributed by atoms with van der Waals surface area (Å²) in [6.45, 7) is 6.47. The number of benzene rings is 1. The molecule has 2 N–H and O–H groups in total.